The van der Waals surface area contributed by atoms with E-state index >= 15 is 0 Å². The molecule has 0 aliphatic heterocycles. The molecule has 1 amide bonds. The fraction of sp³-hybridized carbons (Fsp3) is 0.263. The average molecular weight is 341 g/mol. The highest BCUT2D eigenvalue weighted by molar-refractivity contribution is 8.00. The van der Waals surface area contributed by atoms with Crippen molar-refractivity contribution in [1.82, 2.24) is 5.32 Å². The summed E-state index contributed by atoms with van der Waals surface area (Å²) in [6.45, 7) is 1.90. The number of benzene rings is 2. The van der Waals surface area contributed by atoms with E-state index in [2.05, 4.69) is 5.32 Å². The summed E-state index contributed by atoms with van der Waals surface area (Å²) in [6, 6.07) is 15.1. The number of hydrogen-bond acceptors (Lipinski definition) is 3. The Kier molecular flexibility index (Phi) is 4.90. The minimum atomic E-state index is -0.918. The molecule has 24 heavy (non-hydrogen) atoms. The van der Waals surface area contributed by atoms with Crippen molar-refractivity contribution in [2.45, 2.75) is 36.0 Å². The Balaban J connectivity index is 1.59. The van der Waals surface area contributed by atoms with Gasteiger partial charge in [-0.15, -0.1) is 11.8 Å². The number of carboxylic acids is 1. The van der Waals surface area contributed by atoms with Crippen LogP contribution in [-0.2, 0) is 17.6 Å². The molecule has 124 valence electrons. The van der Waals surface area contributed by atoms with E-state index in [1.165, 1.54) is 11.8 Å². The summed E-state index contributed by atoms with van der Waals surface area (Å²) in [6.07, 6.45) is 1.44. The Hall–Kier alpha value is -2.27. The highest BCUT2D eigenvalue weighted by Crippen LogP contribution is 2.26. The molecule has 2 unspecified atom stereocenters. The number of amides is 1. The first kappa shape index (κ1) is 16.6. The van der Waals surface area contributed by atoms with Gasteiger partial charge in [-0.25, -0.2) is 4.79 Å². The second-order valence-corrected chi connectivity index (χ2v) is 7.39. The Morgan fingerprint density at radius 3 is 2.54 bits per heavy atom. The number of aromatic carboxylic acids is 1. The monoisotopic (exact) mass is 341 g/mol. The molecule has 4 nitrogen and oxygen atoms in total. The third kappa shape index (κ3) is 3.79. The molecule has 5 heteroatoms. The highest BCUT2D eigenvalue weighted by Gasteiger charge is 2.25. The molecule has 2 atom stereocenters. The minimum Gasteiger partial charge on any atom is -0.478 e. The number of nitrogens with one attached hydrogen (secondary N) is 1. The molecule has 3 rings (SSSR count). The first-order chi connectivity index (χ1) is 11.5. The second kappa shape index (κ2) is 7.09. The average Bonchev–Trinajstić information content (AvgIpc) is 2.96. The lowest BCUT2D eigenvalue weighted by molar-refractivity contribution is -0.120. The van der Waals surface area contributed by atoms with Gasteiger partial charge < -0.3 is 10.4 Å². The van der Waals surface area contributed by atoms with Gasteiger partial charge in [0, 0.05) is 10.9 Å². The molecular formula is C19H19NO3S. The first-order valence-electron chi connectivity index (χ1n) is 7.90. The van der Waals surface area contributed by atoms with E-state index in [4.69, 9.17) is 5.11 Å². The van der Waals surface area contributed by atoms with E-state index in [-0.39, 0.29) is 17.2 Å². The highest BCUT2D eigenvalue weighted by atomic mass is 32.2. The summed E-state index contributed by atoms with van der Waals surface area (Å²) in [4.78, 5) is 24.5. The summed E-state index contributed by atoms with van der Waals surface area (Å²) in [7, 11) is 0. The van der Waals surface area contributed by atoms with E-state index in [0.717, 1.165) is 22.4 Å². The van der Waals surface area contributed by atoms with Gasteiger partial charge in [-0.05, 0) is 55.2 Å². The number of carboxylic acid groups (broad SMARTS) is 1. The zero-order chi connectivity index (χ0) is 17.1. The van der Waals surface area contributed by atoms with Gasteiger partial charge in [0.25, 0.3) is 0 Å². The maximum atomic E-state index is 12.4. The molecular weight excluding hydrogens is 322 g/mol. The molecule has 0 radical (unpaired) electrons. The zero-order valence-electron chi connectivity index (χ0n) is 13.4. The van der Waals surface area contributed by atoms with Crippen molar-refractivity contribution in [2.75, 3.05) is 0 Å². The summed E-state index contributed by atoms with van der Waals surface area (Å²) in [5, 5.41) is 12.0. The van der Waals surface area contributed by atoms with Crippen LogP contribution in [0.5, 0.6) is 0 Å². The van der Waals surface area contributed by atoms with E-state index in [9.17, 15) is 9.59 Å². The van der Waals surface area contributed by atoms with Gasteiger partial charge in [-0.1, -0.05) is 24.3 Å². The number of fused-ring (bicyclic) bond motifs is 1. The number of rotatable bonds is 5. The topological polar surface area (TPSA) is 66.4 Å². The third-order valence-electron chi connectivity index (χ3n) is 4.16. The van der Waals surface area contributed by atoms with Crippen LogP contribution in [0.25, 0.3) is 0 Å². The fourth-order valence-electron chi connectivity index (χ4n) is 2.93. The van der Waals surface area contributed by atoms with Gasteiger partial charge in [0.1, 0.15) is 0 Å². The summed E-state index contributed by atoms with van der Waals surface area (Å²) >= 11 is 1.54. The van der Waals surface area contributed by atoms with Crippen LogP contribution in [-0.4, -0.2) is 28.3 Å². The lowest BCUT2D eigenvalue weighted by Gasteiger charge is -2.16. The Bertz CT molecular complexity index is 760. The van der Waals surface area contributed by atoms with Crippen LogP contribution in [0.4, 0.5) is 0 Å². The molecule has 2 aromatic carbocycles. The molecule has 0 spiro atoms. The molecule has 0 aromatic heterocycles. The number of carbonyl (C=O) groups is 2. The summed E-state index contributed by atoms with van der Waals surface area (Å²) < 4.78 is 0. The molecule has 2 N–H and O–H groups in total. The quantitative estimate of drug-likeness (QED) is 0.820. The second-order valence-electron chi connectivity index (χ2n) is 5.98. The van der Waals surface area contributed by atoms with Crippen LogP contribution in [0.15, 0.2) is 53.4 Å². The lowest BCUT2D eigenvalue weighted by atomic mass is 10.1. The Labute approximate surface area is 145 Å². The normalized spacial score (nSPS) is 17.1. The van der Waals surface area contributed by atoms with E-state index in [0.29, 0.717) is 12.0 Å². The largest absolute Gasteiger partial charge is 0.478 e. The Morgan fingerprint density at radius 2 is 1.83 bits per heavy atom. The molecule has 0 heterocycles. The molecule has 0 saturated carbocycles. The van der Waals surface area contributed by atoms with Gasteiger partial charge in [0.15, 0.2) is 0 Å². The van der Waals surface area contributed by atoms with Gasteiger partial charge in [-0.3, -0.25) is 4.79 Å². The molecule has 2 aromatic rings. The van der Waals surface area contributed by atoms with E-state index < -0.39 is 5.97 Å². The number of carbonyl (C=O) groups excluding carboxylic acids is 1. The first-order valence-corrected chi connectivity index (χ1v) is 8.78. The molecule has 0 fully saturated rings. The molecule has 0 bridgehead atoms. The molecule has 1 aliphatic rings. The van der Waals surface area contributed by atoms with Crippen LogP contribution >= 0.6 is 11.8 Å². The van der Waals surface area contributed by atoms with E-state index in [1.807, 2.05) is 43.3 Å². The molecule has 0 saturated heterocycles. The summed E-state index contributed by atoms with van der Waals surface area (Å²) in [5.74, 6) is -0.904. The van der Waals surface area contributed by atoms with Crippen LogP contribution in [0.2, 0.25) is 0 Å². The predicted octanol–water partition coefficient (Wildman–Crippen LogP) is 3.15. The van der Waals surface area contributed by atoms with Crippen molar-refractivity contribution < 1.29 is 14.7 Å². The van der Waals surface area contributed by atoms with Crippen molar-refractivity contribution in [3.8, 4) is 0 Å². The van der Waals surface area contributed by atoms with Gasteiger partial charge in [0.2, 0.25) is 5.91 Å². The van der Waals surface area contributed by atoms with Gasteiger partial charge in [-0.2, -0.15) is 0 Å². The standard InChI is InChI=1S/C19H19NO3S/c1-12(24-17-5-3-2-4-6-17)18(21)20-16-10-13-7-8-14(19(22)23)9-15(13)11-16/h2-9,12,16H,10-11H2,1H3,(H,20,21)(H,22,23). The van der Waals surface area contributed by atoms with Crippen LogP contribution in [0.1, 0.15) is 28.4 Å². The summed E-state index contributed by atoms with van der Waals surface area (Å²) in [5.41, 5.74) is 2.44. The van der Waals surface area contributed by atoms with Crippen LogP contribution in [0, 0.1) is 0 Å². The van der Waals surface area contributed by atoms with E-state index in [1.54, 1.807) is 12.1 Å². The number of hydrogen-bond donors (Lipinski definition) is 2. The van der Waals surface area contributed by atoms with Gasteiger partial charge >= 0.3 is 5.97 Å². The predicted molar refractivity (Wildman–Crippen MR) is 94.5 cm³/mol. The van der Waals surface area contributed by atoms with Gasteiger partial charge in [0.05, 0.1) is 10.8 Å². The fourth-order valence-corrected chi connectivity index (χ4v) is 3.83. The third-order valence-corrected chi connectivity index (χ3v) is 5.27. The van der Waals surface area contributed by atoms with Crippen molar-refractivity contribution in [2.24, 2.45) is 0 Å². The SMILES string of the molecule is CC(Sc1ccccc1)C(=O)NC1Cc2ccc(C(=O)O)cc2C1. The van der Waals surface area contributed by atoms with Crippen LogP contribution in [0.3, 0.4) is 0 Å². The molecule has 1 aliphatic carbocycles. The van der Waals surface area contributed by atoms with Crippen molar-refractivity contribution >= 4 is 23.6 Å². The van der Waals surface area contributed by atoms with Crippen molar-refractivity contribution in [1.29, 1.82) is 0 Å². The minimum absolute atomic E-state index is 0.0140. The van der Waals surface area contributed by atoms with Crippen LogP contribution < -0.4 is 5.32 Å². The maximum Gasteiger partial charge on any atom is 0.335 e. The lowest BCUT2D eigenvalue weighted by Crippen LogP contribution is -2.39. The van der Waals surface area contributed by atoms with Crippen molar-refractivity contribution in [3.05, 3.63) is 65.2 Å². The smallest absolute Gasteiger partial charge is 0.335 e. The van der Waals surface area contributed by atoms with Crippen molar-refractivity contribution in [3.63, 3.8) is 0 Å². The zero-order valence-corrected chi connectivity index (χ0v) is 14.2. The Morgan fingerprint density at radius 1 is 1.12 bits per heavy atom. The maximum absolute atomic E-state index is 12.4. The number of thioether (sulfide) groups is 1.